The molecule has 0 unspecified atom stereocenters. The summed E-state index contributed by atoms with van der Waals surface area (Å²) in [6.45, 7) is 9.00. The van der Waals surface area contributed by atoms with Crippen LogP contribution in [-0.2, 0) is 13.1 Å². The zero-order chi connectivity index (χ0) is 17.4. The Morgan fingerprint density at radius 2 is 2.08 bits per heavy atom. The number of aromatic nitrogens is 2. The van der Waals surface area contributed by atoms with E-state index >= 15 is 0 Å². The monoisotopic (exact) mass is 331 g/mol. The van der Waals surface area contributed by atoms with Gasteiger partial charge in [0.25, 0.3) is 0 Å². The van der Waals surface area contributed by atoms with E-state index in [4.69, 9.17) is 0 Å². The van der Waals surface area contributed by atoms with Gasteiger partial charge in [0, 0.05) is 25.3 Å². The molecule has 0 radical (unpaired) electrons. The second-order valence-corrected chi connectivity index (χ2v) is 5.76. The van der Waals surface area contributed by atoms with Crippen LogP contribution in [-0.4, -0.2) is 28.8 Å². The van der Waals surface area contributed by atoms with Gasteiger partial charge >= 0.3 is 0 Å². The van der Waals surface area contributed by atoms with Crippen molar-refractivity contribution < 1.29 is 4.39 Å². The summed E-state index contributed by atoms with van der Waals surface area (Å²) in [6, 6.07) is 8.61. The van der Waals surface area contributed by atoms with E-state index in [1.54, 1.807) is 6.07 Å². The van der Waals surface area contributed by atoms with Crippen LogP contribution in [0.5, 0.6) is 0 Å². The Morgan fingerprint density at radius 1 is 1.25 bits per heavy atom. The first-order chi connectivity index (χ1) is 11.6. The maximum absolute atomic E-state index is 13.2. The number of guanidine groups is 1. The van der Waals surface area contributed by atoms with Crippen molar-refractivity contribution in [1.82, 2.24) is 20.4 Å². The highest BCUT2D eigenvalue weighted by atomic mass is 19.1. The molecule has 0 bridgehead atoms. The van der Waals surface area contributed by atoms with Gasteiger partial charge < -0.3 is 10.6 Å². The van der Waals surface area contributed by atoms with Crippen molar-refractivity contribution in [3.63, 3.8) is 0 Å². The van der Waals surface area contributed by atoms with Crippen LogP contribution in [0.3, 0.4) is 0 Å². The Kier molecular flexibility index (Phi) is 6.78. The normalized spacial score (nSPS) is 11.6. The number of benzene rings is 1. The molecule has 0 atom stereocenters. The van der Waals surface area contributed by atoms with Crippen LogP contribution in [0, 0.1) is 19.7 Å². The van der Waals surface area contributed by atoms with Crippen molar-refractivity contribution in [3.8, 4) is 0 Å². The number of hydrogen-bond donors (Lipinski definition) is 2. The highest BCUT2D eigenvalue weighted by molar-refractivity contribution is 5.79. The summed E-state index contributed by atoms with van der Waals surface area (Å²) >= 11 is 0. The Bertz CT molecular complexity index is 678. The summed E-state index contributed by atoms with van der Waals surface area (Å²) in [7, 11) is 0. The van der Waals surface area contributed by atoms with Crippen molar-refractivity contribution in [1.29, 1.82) is 0 Å². The minimum Gasteiger partial charge on any atom is -0.357 e. The van der Waals surface area contributed by atoms with Crippen LogP contribution < -0.4 is 10.6 Å². The van der Waals surface area contributed by atoms with Crippen LogP contribution in [0.1, 0.15) is 30.3 Å². The maximum atomic E-state index is 13.2. The molecule has 2 N–H and O–H groups in total. The van der Waals surface area contributed by atoms with Crippen LogP contribution >= 0.6 is 0 Å². The van der Waals surface area contributed by atoms with Gasteiger partial charge in [0.1, 0.15) is 5.82 Å². The van der Waals surface area contributed by atoms with E-state index in [9.17, 15) is 4.39 Å². The van der Waals surface area contributed by atoms with Gasteiger partial charge in [-0.1, -0.05) is 12.1 Å². The van der Waals surface area contributed by atoms with Gasteiger partial charge in [-0.3, -0.25) is 4.68 Å². The number of aliphatic imine (C=N–C) groups is 1. The first kappa shape index (κ1) is 18.0. The molecule has 1 aromatic carbocycles. The predicted octanol–water partition coefficient (Wildman–Crippen LogP) is 2.78. The number of rotatable bonds is 7. The Morgan fingerprint density at radius 3 is 2.75 bits per heavy atom. The molecule has 0 aliphatic carbocycles. The zero-order valence-electron chi connectivity index (χ0n) is 14.6. The summed E-state index contributed by atoms with van der Waals surface area (Å²) in [4.78, 5) is 4.50. The van der Waals surface area contributed by atoms with Crippen LogP contribution in [0.4, 0.5) is 4.39 Å². The SMILES string of the molecule is CCNC(=NCc1cccc(F)c1)NCCCn1nc(C)cc1C. The molecular formula is C18H26FN5. The lowest BCUT2D eigenvalue weighted by atomic mass is 10.2. The van der Waals surface area contributed by atoms with Gasteiger partial charge in [-0.05, 0) is 51.0 Å². The molecule has 130 valence electrons. The predicted molar refractivity (Wildman–Crippen MR) is 95.5 cm³/mol. The zero-order valence-corrected chi connectivity index (χ0v) is 14.6. The molecule has 1 aromatic heterocycles. The molecule has 0 amide bonds. The summed E-state index contributed by atoms with van der Waals surface area (Å²) in [5.74, 6) is 0.515. The Labute approximate surface area is 143 Å². The highest BCUT2D eigenvalue weighted by Gasteiger charge is 2.02. The van der Waals surface area contributed by atoms with Gasteiger partial charge in [0.15, 0.2) is 5.96 Å². The van der Waals surface area contributed by atoms with Gasteiger partial charge in [-0.2, -0.15) is 5.10 Å². The fourth-order valence-electron chi connectivity index (χ4n) is 2.48. The van der Waals surface area contributed by atoms with Gasteiger partial charge in [0.2, 0.25) is 0 Å². The average Bonchev–Trinajstić information content (AvgIpc) is 2.87. The molecule has 1 heterocycles. The molecule has 0 saturated heterocycles. The largest absolute Gasteiger partial charge is 0.357 e. The smallest absolute Gasteiger partial charge is 0.191 e. The Hall–Kier alpha value is -2.37. The van der Waals surface area contributed by atoms with Crippen LogP contribution in [0.15, 0.2) is 35.3 Å². The highest BCUT2D eigenvalue weighted by Crippen LogP contribution is 2.05. The van der Waals surface area contributed by atoms with Crippen molar-refractivity contribution in [2.75, 3.05) is 13.1 Å². The number of halogens is 1. The third kappa shape index (κ3) is 5.68. The van der Waals surface area contributed by atoms with E-state index in [1.807, 2.05) is 24.6 Å². The van der Waals surface area contributed by atoms with E-state index in [0.717, 1.165) is 43.3 Å². The van der Waals surface area contributed by atoms with Crippen molar-refractivity contribution in [2.24, 2.45) is 4.99 Å². The molecule has 2 aromatic rings. The second-order valence-electron chi connectivity index (χ2n) is 5.76. The topological polar surface area (TPSA) is 54.2 Å². The fourth-order valence-corrected chi connectivity index (χ4v) is 2.48. The molecule has 0 aliphatic rings. The third-order valence-electron chi connectivity index (χ3n) is 3.60. The fraction of sp³-hybridized carbons (Fsp3) is 0.444. The van der Waals surface area contributed by atoms with E-state index in [2.05, 4.69) is 33.7 Å². The third-order valence-corrected chi connectivity index (χ3v) is 3.60. The van der Waals surface area contributed by atoms with E-state index in [1.165, 1.54) is 17.8 Å². The lowest BCUT2D eigenvalue weighted by Gasteiger charge is -2.11. The van der Waals surface area contributed by atoms with Gasteiger partial charge in [0.05, 0.1) is 12.2 Å². The molecule has 0 aliphatic heterocycles. The first-order valence-corrected chi connectivity index (χ1v) is 8.36. The van der Waals surface area contributed by atoms with Crippen molar-refractivity contribution in [2.45, 2.75) is 40.3 Å². The molecule has 0 fully saturated rings. The molecule has 2 rings (SSSR count). The molecule has 0 saturated carbocycles. The van der Waals surface area contributed by atoms with E-state index in [0.29, 0.717) is 6.54 Å². The molecular weight excluding hydrogens is 305 g/mol. The summed E-state index contributed by atoms with van der Waals surface area (Å²) in [6.07, 6.45) is 0.951. The molecule has 24 heavy (non-hydrogen) atoms. The lowest BCUT2D eigenvalue weighted by Crippen LogP contribution is -2.38. The minimum absolute atomic E-state index is 0.231. The summed E-state index contributed by atoms with van der Waals surface area (Å²) in [5.41, 5.74) is 3.08. The van der Waals surface area contributed by atoms with Crippen molar-refractivity contribution >= 4 is 5.96 Å². The number of nitrogens with one attached hydrogen (secondary N) is 2. The second kappa shape index (κ2) is 9.05. The lowest BCUT2D eigenvalue weighted by molar-refractivity contribution is 0.555. The molecule has 6 heteroatoms. The van der Waals surface area contributed by atoms with Crippen molar-refractivity contribution in [3.05, 3.63) is 53.1 Å². The van der Waals surface area contributed by atoms with Crippen LogP contribution in [0.25, 0.3) is 0 Å². The van der Waals surface area contributed by atoms with Gasteiger partial charge in [-0.15, -0.1) is 0 Å². The first-order valence-electron chi connectivity index (χ1n) is 8.36. The number of aryl methyl sites for hydroxylation is 3. The standard InChI is InChI=1S/C18H26FN5/c1-4-20-18(22-13-16-7-5-8-17(19)12-16)21-9-6-10-24-15(3)11-14(2)23-24/h5,7-8,11-12H,4,6,9-10,13H2,1-3H3,(H2,20,21,22). The number of nitrogens with zero attached hydrogens (tertiary/aromatic N) is 3. The summed E-state index contributed by atoms with van der Waals surface area (Å²) < 4.78 is 15.2. The van der Waals surface area contributed by atoms with E-state index < -0.39 is 0 Å². The minimum atomic E-state index is -0.231. The Balaban J connectivity index is 1.82. The molecule has 0 spiro atoms. The number of hydrogen-bond acceptors (Lipinski definition) is 2. The molecule has 5 nitrogen and oxygen atoms in total. The van der Waals surface area contributed by atoms with E-state index in [-0.39, 0.29) is 5.82 Å². The summed E-state index contributed by atoms with van der Waals surface area (Å²) in [5, 5.41) is 11.0. The average molecular weight is 331 g/mol. The van der Waals surface area contributed by atoms with Crippen LogP contribution in [0.2, 0.25) is 0 Å². The van der Waals surface area contributed by atoms with Gasteiger partial charge in [-0.25, -0.2) is 9.38 Å². The maximum Gasteiger partial charge on any atom is 0.191 e. The quantitative estimate of drug-likeness (QED) is 0.466.